The van der Waals surface area contributed by atoms with Gasteiger partial charge in [0.2, 0.25) is 0 Å². The van der Waals surface area contributed by atoms with Crippen molar-refractivity contribution in [3.63, 3.8) is 0 Å². The van der Waals surface area contributed by atoms with Crippen molar-refractivity contribution in [3.05, 3.63) is 57.0 Å². The number of nitrogens with zero attached hydrogens (tertiary/aromatic N) is 1. The Kier molecular flexibility index (Phi) is 4.92. The number of hydrogen-bond acceptors (Lipinski definition) is 2. The summed E-state index contributed by atoms with van der Waals surface area (Å²) in [6.07, 6.45) is 0. The third kappa shape index (κ3) is 4.02. The van der Waals surface area contributed by atoms with Gasteiger partial charge in [-0.2, -0.15) is 5.26 Å². The summed E-state index contributed by atoms with van der Waals surface area (Å²) in [6.45, 7) is 0. The number of carbonyl (C=O) groups excluding carboxylic acids is 1. The Balaban J connectivity index is 2.17. The van der Waals surface area contributed by atoms with Crippen molar-refractivity contribution in [2.24, 2.45) is 0 Å². The maximum atomic E-state index is 11.9. The molecule has 2 aromatic rings. The Labute approximate surface area is 136 Å². The zero-order valence-corrected chi connectivity index (χ0v) is 12.7. The fraction of sp³-hybridized carbons (Fsp3) is 0. The SMILES string of the molecule is N#Cc1ccc(Cl)cc1NC(=O)Nc1cc(Cl)ccc1Cl. The first kappa shape index (κ1) is 15.5. The lowest BCUT2D eigenvalue weighted by molar-refractivity contribution is 0.262. The Bertz CT molecular complexity index is 741. The number of benzene rings is 2. The van der Waals surface area contributed by atoms with Gasteiger partial charge < -0.3 is 10.6 Å². The monoisotopic (exact) mass is 339 g/mol. The Morgan fingerprint density at radius 2 is 1.52 bits per heavy atom. The molecule has 2 rings (SSSR count). The minimum absolute atomic E-state index is 0.298. The molecule has 0 fully saturated rings. The zero-order chi connectivity index (χ0) is 15.4. The molecule has 0 spiro atoms. The van der Waals surface area contributed by atoms with Gasteiger partial charge in [-0.15, -0.1) is 0 Å². The molecule has 0 unspecified atom stereocenters. The Morgan fingerprint density at radius 1 is 0.952 bits per heavy atom. The molecule has 0 aliphatic rings. The average Bonchev–Trinajstić information content (AvgIpc) is 2.43. The number of anilines is 2. The largest absolute Gasteiger partial charge is 0.323 e. The van der Waals surface area contributed by atoms with E-state index in [0.29, 0.717) is 32.0 Å². The third-order valence-corrected chi connectivity index (χ3v) is 3.33. The van der Waals surface area contributed by atoms with Gasteiger partial charge in [0.25, 0.3) is 0 Å². The minimum atomic E-state index is -0.557. The van der Waals surface area contributed by atoms with Gasteiger partial charge in [-0.1, -0.05) is 34.8 Å². The van der Waals surface area contributed by atoms with Crippen molar-refractivity contribution >= 4 is 52.2 Å². The van der Waals surface area contributed by atoms with Crippen LogP contribution in [-0.2, 0) is 0 Å². The number of rotatable bonds is 2. The van der Waals surface area contributed by atoms with Gasteiger partial charge in [-0.25, -0.2) is 4.79 Å². The van der Waals surface area contributed by atoms with Crippen LogP contribution in [0.3, 0.4) is 0 Å². The van der Waals surface area contributed by atoms with E-state index in [1.165, 1.54) is 18.2 Å². The lowest BCUT2D eigenvalue weighted by Gasteiger charge is -2.10. The molecule has 0 aromatic heterocycles. The smallest absolute Gasteiger partial charge is 0.306 e. The summed E-state index contributed by atoms with van der Waals surface area (Å²) in [5.41, 5.74) is 0.967. The van der Waals surface area contributed by atoms with Crippen LogP contribution in [0.2, 0.25) is 15.1 Å². The molecule has 7 heteroatoms. The summed E-state index contributed by atoms with van der Waals surface area (Å²) >= 11 is 17.6. The van der Waals surface area contributed by atoms with Gasteiger partial charge in [-0.3, -0.25) is 0 Å². The Hall–Kier alpha value is -1.93. The quantitative estimate of drug-likeness (QED) is 0.792. The zero-order valence-electron chi connectivity index (χ0n) is 10.5. The number of carbonyl (C=O) groups is 1. The average molecular weight is 341 g/mol. The molecule has 0 saturated carbocycles. The van der Waals surface area contributed by atoms with Crippen LogP contribution in [0, 0.1) is 11.3 Å². The molecule has 0 heterocycles. The van der Waals surface area contributed by atoms with Crippen molar-refractivity contribution in [2.45, 2.75) is 0 Å². The van der Waals surface area contributed by atoms with Gasteiger partial charge in [0, 0.05) is 10.0 Å². The fourth-order valence-electron chi connectivity index (χ4n) is 1.59. The molecule has 2 amide bonds. The van der Waals surface area contributed by atoms with Crippen LogP contribution in [0.4, 0.5) is 16.2 Å². The highest BCUT2D eigenvalue weighted by Crippen LogP contribution is 2.26. The van der Waals surface area contributed by atoms with Crippen LogP contribution in [0.1, 0.15) is 5.56 Å². The molecule has 0 atom stereocenters. The number of amides is 2. The molecular weight excluding hydrogens is 333 g/mol. The van der Waals surface area contributed by atoms with E-state index in [2.05, 4.69) is 10.6 Å². The Morgan fingerprint density at radius 3 is 2.19 bits per heavy atom. The lowest BCUT2D eigenvalue weighted by Crippen LogP contribution is -2.20. The van der Waals surface area contributed by atoms with Crippen LogP contribution in [-0.4, -0.2) is 6.03 Å². The standard InChI is InChI=1S/C14H8Cl3N3O/c15-9-2-1-8(7-18)12(5-9)19-14(21)20-13-6-10(16)3-4-11(13)17/h1-6H,(H2,19,20,21). The molecule has 0 saturated heterocycles. The van der Waals surface area contributed by atoms with Gasteiger partial charge in [0.15, 0.2) is 0 Å². The van der Waals surface area contributed by atoms with Gasteiger partial charge in [0.05, 0.1) is 22.0 Å². The van der Waals surface area contributed by atoms with Crippen molar-refractivity contribution in [2.75, 3.05) is 10.6 Å². The second kappa shape index (κ2) is 6.68. The highest BCUT2D eigenvalue weighted by molar-refractivity contribution is 6.35. The topological polar surface area (TPSA) is 64.9 Å². The van der Waals surface area contributed by atoms with Gasteiger partial charge in [0.1, 0.15) is 6.07 Å². The molecule has 0 aliphatic carbocycles. The number of hydrogen-bond donors (Lipinski definition) is 2. The maximum Gasteiger partial charge on any atom is 0.323 e. The first-order valence-corrected chi connectivity index (χ1v) is 6.85. The summed E-state index contributed by atoms with van der Waals surface area (Å²) in [5.74, 6) is 0. The normalized spacial score (nSPS) is 9.81. The summed E-state index contributed by atoms with van der Waals surface area (Å²) in [4.78, 5) is 11.9. The predicted octanol–water partition coefficient (Wildman–Crippen LogP) is 5.16. The lowest BCUT2D eigenvalue weighted by atomic mass is 10.2. The molecule has 106 valence electrons. The van der Waals surface area contributed by atoms with Crippen LogP contribution in [0.5, 0.6) is 0 Å². The maximum absolute atomic E-state index is 11.9. The van der Waals surface area contributed by atoms with E-state index in [4.69, 9.17) is 40.1 Å². The van der Waals surface area contributed by atoms with Gasteiger partial charge in [-0.05, 0) is 36.4 Å². The van der Waals surface area contributed by atoms with E-state index in [1.54, 1.807) is 18.2 Å². The van der Waals surface area contributed by atoms with Crippen LogP contribution < -0.4 is 10.6 Å². The van der Waals surface area contributed by atoms with E-state index in [9.17, 15) is 4.79 Å². The third-order valence-electron chi connectivity index (χ3n) is 2.53. The molecular formula is C14H8Cl3N3O. The predicted molar refractivity (Wildman–Crippen MR) is 85.3 cm³/mol. The minimum Gasteiger partial charge on any atom is -0.306 e. The van der Waals surface area contributed by atoms with E-state index < -0.39 is 6.03 Å². The van der Waals surface area contributed by atoms with Gasteiger partial charge >= 0.3 is 6.03 Å². The number of nitrogens with one attached hydrogen (secondary N) is 2. The molecule has 0 bridgehead atoms. The van der Waals surface area contributed by atoms with E-state index >= 15 is 0 Å². The van der Waals surface area contributed by atoms with Crippen molar-refractivity contribution in [1.29, 1.82) is 5.26 Å². The fourth-order valence-corrected chi connectivity index (χ4v) is 2.10. The first-order chi connectivity index (χ1) is 9.99. The van der Waals surface area contributed by atoms with E-state index in [-0.39, 0.29) is 0 Å². The molecule has 4 nitrogen and oxygen atoms in total. The summed E-state index contributed by atoms with van der Waals surface area (Å²) in [5, 5.41) is 15.3. The first-order valence-electron chi connectivity index (χ1n) is 5.72. The molecule has 0 aliphatic heterocycles. The van der Waals surface area contributed by atoms with Crippen molar-refractivity contribution in [1.82, 2.24) is 0 Å². The van der Waals surface area contributed by atoms with E-state index in [0.717, 1.165) is 0 Å². The number of nitriles is 1. The summed E-state index contributed by atoms with van der Waals surface area (Å²) in [7, 11) is 0. The van der Waals surface area contributed by atoms with Crippen molar-refractivity contribution in [3.8, 4) is 6.07 Å². The van der Waals surface area contributed by atoms with Crippen LogP contribution >= 0.6 is 34.8 Å². The number of halogens is 3. The molecule has 2 aromatic carbocycles. The second-order valence-corrected chi connectivity index (χ2v) is 5.29. The molecule has 21 heavy (non-hydrogen) atoms. The highest BCUT2D eigenvalue weighted by Gasteiger charge is 2.10. The van der Waals surface area contributed by atoms with Crippen molar-refractivity contribution < 1.29 is 4.79 Å². The van der Waals surface area contributed by atoms with E-state index in [1.807, 2.05) is 6.07 Å². The van der Waals surface area contributed by atoms with Crippen LogP contribution in [0.25, 0.3) is 0 Å². The molecule has 0 radical (unpaired) electrons. The summed E-state index contributed by atoms with van der Waals surface area (Å²) in [6, 6.07) is 10.7. The highest BCUT2D eigenvalue weighted by atomic mass is 35.5. The number of urea groups is 1. The summed E-state index contributed by atoms with van der Waals surface area (Å²) < 4.78 is 0. The molecule has 2 N–H and O–H groups in total. The van der Waals surface area contributed by atoms with Crippen LogP contribution in [0.15, 0.2) is 36.4 Å². The second-order valence-electron chi connectivity index (χ2n) is 4.01.